The average molecular weight is 279 g/mol. The number of aryl methyl sites for hydroxylation is 2. The van der Waals surface area contributed by atoms with Gasteiger partial charge in [0.15, 0.2) is 0 Å². The van der Waals surface area contributed by atoms with Gasteiger partial charge in [-0.25, -0.2) is 0 Å². The minimum Gasteiger partial charge on any atom is -0.396 e. The molecule has 0 bridgehead atoms. The SMILES string of the molecule is Cc1nn(C)c(C)c1CC(=O)NC1CCCCC1CO. The topological polar surface area (TPSA) is 67.2 Å². The first-order chi connectivity index (χ1) is 9.52. The largest absolute Gasteiger partial charge is 0.396 e. The van der Waals surface area contributed by atoms with E-state index in [1.165, 1.54) is 0 Å². The molecule has 112 valence electrons. The fourth-order valence-electron chi connectivity index (χ4n) is 3.11. The Morgan fingerprint density at radius 2 is 2.10 bits per heavy atom. The summed E-state index contributed by atoms with van der Waals surface area (Å²) in [6, 6.07) is 0.124. The van der Waals surface area contributed by atoms with Gasteiger partial charge in [-0.3, -0.25) is 9.48 Å². The molecule has 0 saturated heterocycles. The summed E-state index contributed by atoms with van der Waals surface area (Å²) < 4.78 is 1.81. The van der Waals surface area contributed by atoms with Gasteiger partial charge in [0, 0.05) is 36.9 Å². The molecule has 0 spiro atoms. The van der Waals surface area contributed by atoms with E-state index in [0.29, 0.717) is 6.42 Å². The van der Waals surface area contributed by atoms with E-state index >= 15 is 0 Å². The summed E-state index contributed by atoms with van der Waals surface area (Å²) in [6.45, 7) is 4.09. The number of nitrogens with zero attached hydrogens (tertiary/aromatic N) is 2. The van der Waals surface area contributed by atoms with Crippen molar-refractivity contribution in [3.8, 4) is 0 Å². The lowest BCUT2D eigenvalue weighted by molar-refractivity contribution is -0.121. The number of hydrogen-bond donors (Lipinski definition) is 2. The molecule has 1 fully saturated rings. The van der Waals surface area contributed by atoms with Crippen LogP contribution in [0.15, 0.2) is 0 Å². The lowest BCUT2D eigenvalue weighted by Gasteiger charge is -2.30. The van der Waals surface area contributed by atoms with E-state index in [-0.39, 0.29) is 24.5 Å². The lowest BCUT2D eigenvalue weighted by atomic mass is 9.85. The molecule has 1 aromatic rings. The zero-order chi connectivity index (χ0) is 14.7. The smallest absolute Gasteiger partial charge is 0.224 e. The summed E-state index contributed by atoms with van der Waals surface area (Å²) in [4.78, 5) is 12.2. The standard InChI is InChI=1S/C15H25N3O2/c1-10-13(11(2)18(3)17-10)8-15(20)16-14-7-5-4-6-12(14)9-19/h12,14,19H,4-9H2,1-3H3,(H,16,20). The zero-order valence-electron chi connectivity index (χ0n) is 12.6. The molecule has 1 saturated carbocycles. The highest BCUT2D eigenvalue weighted by Crippen LogP contribution is 2.24. The van der Waals surface area contributed by atoms with Crippen LogP contribution in [0.4, 0.5) is 0 Å². The van der Waals surface area contributed by atoms with Gasteiger partial charge in [-0.1, -0.05) is 12.8 Å². The van der Waals surface area contributed by atoms with E-state index < -0.39 is 0 Å². The third-order valence-corrected chi connectivity index (χ3v) is 4.49. The van der Waals surface area contributed by atoms with Crippen molar-refractivity contribution in [3.05, 3.63) is 17.0 Å². The van der Waals surface area contributed by atoms with E-state index in [4.69, 9.17) is 0 Å². The van der Waals surface area contributed by atoms with Crippen molar-refractivity contribution in [1.29, 1.82) is 0 Å². The van der Waals surface area contributed by atoms with E-state index in [2.05, 4.69) is 10.4 Å². The summed E-state index contributed by atoms with van der Waals surface area (Å²) in [5, 5.41) is 16.8. The number of aromatic nitrogens is 2. The fraction of sp³-hybridized carbons (Fsp3) is 0.733. The van der Waals surface area contributed by atoms with Gasteiger partial charge in [0.25, 0.3) is 0 Å². The number of hydrogen-bond acceptors (Lipinski definition) is 3. The highest BCUT2D eigenvalue weighted by Gasteiger charge is 2.26. The average Bonchev–Trinajstić information content (AvgIpc) is 2.66. The van der Waals surface area contributed by atoms with Crippen LogP contribution < -0.4 is 5.32 Å². The predicted molar refractivity (Wildman–Crippen MR) is 77.4 cm³/mol. The van der Waals surface area contributed by atoms with E-state index in [9.17, 15) is 9.90 Å². The van der Waals surface area contributed by atoms with Gasteiger partial charge < -0.3 is 10.4 Å². The third kappa shape index (κ3) is 3.20. The fourth-order valence-corrected chi connectivity index (χ4v) is 3.11. The van der Waals surface area contributed by atoms with E-state index in [1.807, 2.05) is 25.6 Å². The Hall–Kier alpha value is -1.36. The maximum Gasteiger partial charge on any atom is 0.224 e. The van der Waals surface area contributed by atoms with Crippen LogP contribution in [-0.2, 0) is 18.3 Å². The Bertz CT molecular complexity index is 482. The Labute approximate surface area is 120 Å². The maximum absolute atomic E-state index is 12.2. The van der Waals surface area contributed by atoms with Gasteiger partial charge >= 0.3 is 0 Å². The molecule has 1 aliphatic carbocycles. The second-order valence-electron chi connectivity index (χ2n) is 5.85. The normalized spacial score (nSPS) is 22.8. The first kappa shape index (κ1) is 15.0. The summed E-state index contributed by atoms with van der Waals surface area (Å²) >= 11 is 0. The van der Waals surface area contributed by atoms with Crippen LogP contribution in [0.25, 0.3) is 0 Å². The number of carbonyl (C=O) groups is 1. The second-order valence-corrected chi connectivity index (χ2v) is 5.85. The maximum atomic E-state index is 12.2. The van der Waals surface area contributed by atoms with Gasteiger partial charge in [0.2, 0.25) is 5.91 Å². The van der Waals surface area contributed by atoms with Crippen molar-refractivity contribution < 1.29 is 9.90 Å². The molecular weight excluding hydrogens is 254 g/mol. The monoisotopic (exact) mass is 279 g/mol. The number of amides is 1. The summed E-state index contributed by atoms with van der Waals surface area (Å²) in [5.41, 5.74) is 2.98. The zero-order valence-corrected chi connectivity index (χ0v) is 12.6. The van der Waals surface area contributed by atoms with Gasteiger partial charge in [-0.05, 0) is 26.7 Å². The Morgan fingerprint density at radius 3 is 2.70 bits per heavy atom. The molecular formula is C15H25N3O2. The first-order valence-corrected chi connectivity index (χ1v) is 7.42. The van der Waals surface area contributed by atoms with E-state index in [0.717, 1.165) is 42.6 Å². The molecule has 20 heavy (non-hydrogen) atoms. The van der Waals surface area contributed by atoms with Crippen molar-refractivity contribution in [3.63, 3.8) is 0 Å². The molecule has 2 atom stereocenters. The molecule has 2 unspecified atom stereocenters. The first-order valence-electron chi connectivity index (χ1n) is 7.42. The predicted octanol–water partition coefficient (Wildman–Crippen LogP) is 1.25. The molecule has 1 heterocycles. The minimum absolute atomic E-state index is 0.0366. The second kappa shape index (κ2) is 6.39. The molecule has 5 nitrogen and oxygen atoms in total. The van der Waals surface area contributed by atoms with Gasteiger partial charge in [-0.2, -0.15) is 5.10 Å². The summed E-state index contributed by atoms with van der Waals surface area (Å²) in [5.74, 6) is 0.248. The molecule has 1 amide bonds. The molecule has 1 aliphatic rings. The Balaban J connectivity index is 1.98. The Kier molecular flexibility index (Phi) is 4.81. The Morgan fingerprint density at radius 1 is 1.40 bits per heavy atom. The van der Waals surface area contributed by atoms with E-state index in [1.54, 1.807) is 0 Å². The van der Waals surface area contributed by atoms with Crippen LogP contribution in [-0.4, -0.2) is 33.4 Å². The van der Waals surface area contributed by atoms with Crippen molar-refractivity contribution in [2.24, 2.45) is 13.0 Å². The lowest BCUT2D eigenvalue weighted by Crippen LogP contribution is -2.44. The van der Waals surface area contributed by atoms with Gasteiger partial charge in [0.05, 0.1) is 12.1 Å². The van der Waals surface area contributed by atoms with Crippen LogP contribution >= 0.6 is 0 Å². The summed E-state index contributed by atoms with van der Waals surface area (Å²) in [7, 11) is 1.90. The van der Waals surface area contributed by atoms with Crippen LogP contribution in [0.2, 0.25) is 0 Å². The van der Waals surface area contributed by atoms with Crippen LogP contribution in [0, 0.1) is 19.8 Å². The molecule has 5 heteroatoms. The number of carbonyl (C=O) groups excluding carboxylic acids is 1. The van der Waals surface area contributed by atoms with Crippen molar-refractivity contribution in [2.45, 2.75) is 52.0 Å². The van der Waals surface area contributed by atoms with Crippen molar-refractivity contribution in [2.75, 3.05) is 6.61 Å². The molecule has 0 radical (unpaired) electrons. The third-order valence-electron chi connectivity index (χ3n) is 4.49. The van der Waals surface area contributed by atoms with Crippen molar-refractivity contribution >= 4 is 5.91 Å². The number of aliphatic hydroxyl groups excluding tert-OH is 1. The highest BCUT2D eigenvalue weighted by atomic mass is 16.3. The minimum atomic E-state index is 0.0366. The number of rotatable bonds is 4. The van der Waals surface area contributed by atoms with Crippen molar-refractivity contribution in [1.82, 2.24) is 15.1 Å². The van der Waals surface area contributed by atoms with Crippen LogP contribution in [0.1, 0.15) is 42.6 Å². The highest BCUT2D eigenvalue weighted by molar-refractivity contribution is 5.79. The molecule has 0 aromatic carbocycles. The van der Waals surface area contributed by atoms with Crippen LogP contribution in [0.3, 0.4) is 0 Å². The number of nitrogens with one attached hydrogen (secondary N) is 1. The van der Waals surface area contributed by atoms with Crippen LogP contribution in [0.5, 0.6) is 0 Å². The van der Waals surface area contributed by atoms with Gasteiger partial charge in [-0.15, -0.1) is 0 Å². The molecule has 2 rings (SSSR count). The summed E-state index contributed by atoms with van der Waals surface area (Å²) in [6.07, 6.45) is 4.64. The molecule has 1 aromatic heterocycles. The van der Waals surface area contributed by atoms with Gasteiger partial charge in [0.1, 0.15) is 0 Å². The number of aliphatic hydroxyl groups is 1. The molecule has 0 aliphatic heterocycles. The quantitative estimate of drug-likeness (QED) is 0.871. The molecule has 2 N–H and O–H groups in total.